The van der Waals surface area contributed by atoms with Crippen LogP contribution in [0.4, 0.5) is 0 Å². The van der Waals surface area contributed by atoms with Crippen LogP contribution in [0.1, 0.15) is 22.6 Å². The molecule has 0 aromatic heterocycles. The number of hydrogen-bond donors (Lipinski definition) is 1. The molecule has 1 atom stereocenters. The number of hydrogen-bond acceptors (Lipinski definition) is 2. The maximum atomic E-state index is 5.89. The Kier molecular flexibility index (Phi) is 3.58. The molecule has 1 aliphatic rings. The molecule has 2 nitrogen and oxygen atoms in total. The number of ether oxygens (including phenoxy) is 1. The smallest absolute Gasteiger partial charge is 0.119 e. The lowest BCUT2D eigenvalue weighted by Gasteiger charge is -2.29. The van der Waals surface area contributed by atoms with Gasteiger partial charge in [0, 0.05) is 16.9 Å². The molecule has 0 amide bonds. The Morgan fingerprint density at radius 2 is 2.05 bits per heavy atom. The van der Waals surface area contributed by atoms with Gasteiger partial charge in [0.05, 0.1) is 6.61 Å². The number of fused-ring (bicyclic) bond motifs is 1. The molecule has 0 radical (unpaired) electrons. The number of benzene rings is 2. The van der Waals surface area contributed by atoms with E-state index in [9.17, 15) is 0 Å². The molecule has 0 spiro atoms. The fraction of sp³-hybridized carbons (Fsp3) is 0.250. The van der Waals surface area contributed by atoms with Crippen molar-refractivity contribution in [3.8, 4) is 5.75 Å². The molecule has 1 aliphatic carbocycles. The summed E-state index contributed by atoms with van der Waals surface area (Å²) in [6, 6.07) is 14.6. The first kappa shape index (κ1) is 12.7. The zero-order chi connectivity index (χ0) is 13.2. The topological polar surface area (TPSA) is 35.2 Å². The average molecular weight is 318 g/mol. The fourth-order valence-corrected chi connectivity index (χ4v) is 2.91. The van der Waals surface area contributed by atoms with E-state index < -0.39 is 0 Å². The highest BCUT2D eigenvalue weighted by atomic mass is 79.9. The molecule has 3 rings (SSSR count). The molecular weight excluding hydrogens is 302 g/mol. The fourth-order valence-electron chi connectivity index (χ4n) is 2.51. The third-order valence-electron chi connectivity index (χ3n) is 3.65. The Morgan fingerprint density at radius 1 is 1.21 bits per heavy atom. The van der Waals surface area contributed by atoms with Crippen LogP contribution in [-0.4, -0.2) is 6.61 Å². The highest BCUT2D eigenvalue weighted by Crippen LogP contribution is 2.35. The lowest BCUT2D eigenvalue weighted by atomic mass is 9.78. The van der Waals surface area contributed by atoms with Crippen molar-refractivity contribution < 1.29 is 4.74 Å². The third kappa shape index (κ3) is 2.53. The first-order valence-corrected chi connectivity index (χ1v) is 7.26. The molecular formula is C16H16BrNO. The zero-order valence-electron chi connectivity index (χ0n) is 10.6. The van der Waals surface area contributed by atoms with Gasteiger partial charge in [-0.05, 0) is 41.3 Å². The van der Waals surface area contributed by atoms with Crippen LogP contribution in [0.25, 0.3) is 0 Å². The van der Waals surface area contributed by atoms with Crippen molar-refractivity contribution in [2.75, 3.05) is 6.61 Å². The second kappa shape index (κ2) is 5.35. The Balaban J connectivity index is 1.65. The third-order valence-corrected chi connectivity index (χ3v) is 4.42. The van der Waals surface area contributed by atoms with Crippen molar-refractivity contribution in [3.05, 3.63) is 63.6 Å². The van der Waals surface area contributed by atoms with E-state index >= 15 is 0 Å². The average Bonchev–Trinajstić information content (AvgIpc) is 2.41. The van der Waals surface area contributed by atoms with Crippen LogP contribution in [0.15, 0.2) is 46.9 Å². The summed E-state index contributed by atoms with van der Waals surface area (Å²) in [7, 11) is 0. The lowest BCUT2D eigenvalue weighted by Crippen LogP contribution is -2.23. The van der Waals surface area contributed by atoms with Crippen molar-refractivity contribution >= 4 is 15.9 Å². The first-order chi connectivity index (χ1) is 9.28. The molecule has 2 N–H and O–H groups in total. The zero-order valence-corrected chi connectivity index (χ0v) is 12.2. The molecule has 0 saturated heterocycles. The molecule has 0 fully saturated rings. The van der Waals surface area contributed by atoms with Gasteiger partial charge in [0.2, 0.25) is 0 Å². The van der Waals surface area contributed by atoms with Crippen molar-refractivity contribution in [2.45, 2.75) is 18.9 Å². The van der Waals surface area contributed by atoms with Gasteiger partial charge in [-0.2, -0.15) is 0 Å². The SMILES string of the molecule is NCc1cc(OCC2Cc3ccccc32)ccc1Br. The van der Waals surface area contributed by atoms with Gasteiger partial charge in [0.25, 0.3) is 0 Å². The molecule has 2 aromatic carbocycles. The van der Waals surface area contributed by atoms with Crippen molar-refractivity contribution in [3.63, 3.8) is 0 Å². The molecule has 0 heterocycles. The minimum atomic E-state index is 0.518. The Bertz CT molecular complexity index is 597. The predicted molar refractivity (Wildman–Crippen MR) is 80.4 cm³/mol. The summed E-state index contributed by atoms with van der Waals surface area (Å²) in [5.74, 6) is 1.43. The van der Waals surface area contributed by atoms with Crippen molar-refractivity contribution in [1.29, 1.82) is 0 Å². The van der Waals surface area contributed by atoms with E-state index in [0.717, 1.165) is 28.8 Å². The minimum Gasteiger partial charge on any atom is -0.493 e. The predicted octanol–water partition coefficient (Wildman–Crippen LogP) is 3.63. The second-order valence-electron chi connectivity index (χ2n) is 4.87. The van der Waals surface area contributed by atoms with E-state index in [1.807, 2.05) is 18.2 Å². The monoisotopic (exact) mass is 317 g/mol. The molecule has 0 saturated carbocycles. The van der Waals surface area contributed by atoms with E-state index in [-0.39, 0.29) is 0 Å². The van der Waals surface area contributed by atoms with Gasteiger partial charge in [-0.15, -0.1) is 0 Å². The van der Waals surface area contributed by atoms with Gasteiger partial charge in [-0.3, -0.25) is 0 Å². The number of nitrogens with two attached hydrogens (primary N) is 1. The van der Waals surface area contributed by atoms with Crippen LogP contribution >= 0.6 is 15.9 Å². The van der Waals surface area contributed by atoms with E-state index in [2.05, 4.69) is 40.2 Å². The van der Waals surface area contributed by atoms with Gasteiger partial charge < -0.3 is 10.5 Å². The highest BCUT2D eigenvalue weighted by Gasteiger charge is 2.25. The first-order valence-electron chi connectivity index (χ1n) is 6.47. The Hall–Kier alpha value is -1.32. The van der Waals surface area contributed by atoms with Crippen LogP contribution in [0.2, 0.25) is 0 Å². The lowest BCUT2D eigenvalue weighted by molar-refractivity contribution is 0.275. The summed E-state index contributed by atoms with van der Waals surface area (Å²) in [4.78, 5) is 0. The number of rotatable bonds is 4. The summed E-state index contributed by atoms with van der Waals surface area (Å²) in [5, 5.41) is 0. The standard InChI is InChI=1S/C16H16BrNO/c17-16-6-5-14(8-12(16)9-18)19-10-13-7-11-3-1-2-4-15(11)13/h1-6,8,13H,7,9-10,18H2. The summed E-state index contributed by atoms with van der Waals surface area (Å²) >= 11 is 3.48. The van der Waals surface area contributed by atoms with Crippen LogP contribution in [0.5, 0.6) is 5.75 Å². The molecule has 0 bridgehead atoms. The molecule has 0 aliphatic heterocycles. The van der Waals surface area contributed by atoms with Crippen LogP contribution in [0.3, 0.4) is 0 Å². The summed E-state index contributed by atoms with van der Waals surface area (Å²) < 4.78 is 6.93. The normalized spacial score (nSPS) is 16.6. The maximum Gasteiger partial charge on any atom is 0.119 e. The molecule has 1 unspecified atom stereocenters. The molecule has 19 heavy (non-hydrogen) atoms. The van der Waals surface area contributed by atoms with Gasteiger partial charge in [0.15, 0.2) is 0 Å². The van der Waals surface area contributed by atoms with E-state index in [0.29, 0.717) is 12.5 Å². The number of halogens is 1. The molecule has 98 valence electrons. The van der Waals surface area contributed by atoms with Gasteiger partial charge in [-0.25, -0.2) is 0 Å². The molecule has 2 aromatic rings. The van der Waals surface area contributed by atoms with Gasteiger partial charge in [0.1, 0.15) is 5.75 Å². The Labute approximate surface area is 121 Å². The molecule has 3 heteroatoms. The van der Waals surface area contributed by atoms with E-state index in [1.54, 1.807) is 0 Å². The summed E-state index contributed by atoms with van der Waals surface area (Å²) in [6.07, 6.45) is 1.12. The van der Waals surface area contributed by atoms with E-state index in [4.69, 9.17) is 10.5 Å². The van der Waals surface area contributed by atoms with Crippen LogP contribution in [-0.2, 0) is 13.0 Å². The van der Waals surface area contributed by atoms with Crippen molar-refractivity contribution in [1.82, 2.24) is 0 Å². The van der Waals surface area contributed by atoms with Crippen LogP contribution < -0.4 is 10.5 Å². The van der Waals surface area contributed by atoms with Gasteiger partial charge in [-0.1, -0.05) is 40.2 Å². The Morgan fingerprint density at radius 3 is 2.84 bits per heavy atom. The summed E-state index contributed by atoms with van der Waals surface area (Å²) in [6.45, 7) is 1.26. The summed E-state index contributed by atoms with van der Waals surface area (Å²) in [5.41, 5.74) is 9.65. The van der Waals surface area contributed by atoms with Crippen molar-refractivity contribution in [2.24, 2.45) is 5.73 Å². The largest absolute Gasteiger partial charge is 0.493 e. The maximum absolute atomic E-state index is 5.89. The van der Waals surface area contributed by atoms with E-state index in [1.165, 1.54) is 11.1 Å². The quantitative estimate of drug-likeness (QED) is 0.934. The highest BCUT2D eigenvalue weighted by molar-refractivity contribution is 9.10. The van der Waals surface area contributed by atoms with Gasteiger partial charge >= 0.3 is 0 Å². The minimum absolute atomic E-state index is 0.518. The van der Waals surface area contributed by atoms with Crippen LogP contribution in [0, 0.1) is 0 Å². The second-order valence-corrected chi connectivity index (χ2v) is 5.72.